The molecule has 0 spiro atoms. The highest BCUT2D eigenvalue weighted by molar-refractivity contribution is 7.98. The van der Waals surface area contributed by atoms with Crippen LogP contribution in [-0.2, 0) is 5.75 Å². The first-order chi connectivity index (χ1) is 12.8. The van der Waals surface area contributed by atoms with Crippen molar-refractivity contribution in [2.45, 2.75) is 42.6 Å². The van der Waals surface area contributed by atoms with Crippen LogP contribution >= 0.6 is 36.6 Å². The molecule has 154 valence electrons. The van der Waals surface area contributed by atoms with Crippen molar-refractivity contribution in [3.8, 4) is 0 Å². The molecule has 6 nitrogen and oxygen atoms in total. The van der Waals surface area contributed by atoms with Gasteiger partial charge >= 0.3 is 0 Å². The van der Waals surface area contributed by atoms with Gasteiger partial charge in [0, 0.05) is 30.4 Å². The molecule has 1 aromatic heterocycles. The van der Waals surface area contributed by atoms with Crippen LogP contribution in [0.15, 0.2) is 35.7 Å². The van der Waals surface area contributed by atoms with Crippen molar-refractivity contribution < 1.29 is 4.79 Å². The van der Waals surface area contributed by atoms with E-state index in [0.717, 1.165) is 54.9 Å². The third-order valence-electron chi connectivity index (χ3n) is 5.14. The minimum atomic E-state index is 0. The molecule has 9 heteroatoms. The van der Waals surface area contributed by atoms with Crippen LogP contribution in [0.2, 0.25) is 0 Å². The molecule has 0 bridgehead atoms. The van der Waals surface area contributed by atoms with Crippen LogP contribution in [0, 0.1) is 5.92 Å². The minimum absolute atomic E-state index is 0. The number of nitrogens with one attached hydrogen (secondary N) is 2. The molecule has 2 fully saturated rings. The number of nitrogens with zero attached hydrogens (tertiary/aromatic N) is 3. The molecule has 2 N–H and O–H groups in total. The monoisotopic (exact) mass is 443 g/mol. The fourth-order valence-electron chi connectivity index (χ4n) is 3.28. The Morgan fingerprint density at radius 3 is 2.46 bits per heavy atom. The zero-order chi connectivity index (χ0) is 17.8. The SMILES string of the molecule is Cl.Cl.O=C(c1ccc(CSc2ncn[nH]2)cc1)N1CCC(NCC2CC2)CC1. The number of carbonyl (C=O) groups excluding carboxylic acids is 1. The quantitative estimate of drug-likeness (QED) is 0.639. The average Bonchev–Trinajstić information content (AvgIpc) is 3.38. The summed E-state index contributed by atoms with van der Waals surface area (Å²) in [6.45, 7) is 2.86. The van der Waals surface area contributed by atoms with E-state index in [2.05, 4.69) is 20.5 Å². The van der Waals surface area contributed by atoms with E-state index in [1.54, 1.807) is 11.8 Å². The van der Waals surface area contributed by atoms with Crippen LogP contribution in [0.1, 0.15) is 41.6 Å². The van der Waals surface area contributed by atoms with Crippen LogP contribution < -0.4 is 5.32 Å². The summed E-state index contributed by atoms with van der Waals surface area (Å²) in [6, 6.07) is 8.52. The number of likely N-dealkylation sites (tertiary alicyclic amines) is 1. The number of rotatable bonds is 7. The van der Waals surface area contributed by atoms with Crippen LogP contribution in [0.5, 0.6) is 0 Å². The molecule has 0 atom stereocenters. The number of amides is 1. The Morgan fingerprint density at radius 1 is 1.14 bits per heavy atom. The third kappa shape index (κ3) is 6.37. The number of H-pyrrole nitrogens is 1. The number of piperidine rings is 1. The molecule has 2 heterocycles. The highest BCUT2D eigenvalue weighted by Crippen LogP contribution is 2.28. The molecular weight excluding hydrogens is 417 g/mol. The number of thioether (sulfide) groups is 1. The number of carbonyl (C=O) groups is 1. The van der Waals surface area contributed by atoms with E-state index >= 15 is 0 Å². The van der Waals surface area contributed by atoms with Gasteiger partial charge in [-0.3, -0.25) is 9.89 Å². The molecule has 28 heavy (non-hydrogen) atoms. The molecular formula is C19H27Cl2N5OS. The topological polar surface area (TPSA) is 73.9 Å². The molecule has 2 aliphatic rings. The number of hydrogen-bond acceptors (Lipinski definition) is 5. The molecule has 2 aromatic rings. The first-order valence-corrected chi connectivity index (χ1v) is 10.4. The lowest BCUT2D eigenvalue weighted by molar-refractivity contribution is 0.0705. The Balaban J connectivity index is 0.00000140. The Labute approximate surface area is 182 Å². The molecule has 4 rings (SSSR count). The zero-order valence-corrected chi connectivity index (χ0v) is 18.1. The minimum Gasteiger partial charge on any atom is -0.339 e. The van der Waals surface area contributed by atoms with E-state index in [4.69, 9.17) is 0 Å². The van der Waals surface area contributed by atoms with Gasteiger partial charge in [0.05, 0.1) is 0 Å². The second-order valence-electron chi connectivity index (χ2n) is 7.19. The summed E-state index contributed by atoms with van der Waals surface area (Å²) in [5.74, 6) is 1.87. The highest BCUT2D eigenvalue weighted by Gasteiger charge is 2.26. The fourth-order valence-corrected chi connectivity index (χ4v) is 4.02. The van der Waals surface area contributed by atoms with Crippen molar-refractivity contribution in [2.75, 3.05) is 19.6 Å². The van der Waals surface area contributed by atoms with Gasteiger partial charge in [0.25, 0.3) is 5.91 Å². The maximum atomic E-state index is 12.7. The number of halogens is 2. The van der Waals surface area contributed by atoms with Crippen molar-refractivity contribution in [3.63, 3.8) is 0 Å². The largest absolute Gasteiger partial charge is 0.339 e. The number of hydrogen-bond donors (Lipinski definition) is 2. The second kappa shape index (κ2) is 11.0. The van der Waals surface area contributed by atoms with Crippen molar-refractivity contribution in [3.05, 3.63) is 41.7 Å². The van der Waals surface area contributed by atoms with Crippen molar-refractivity contribution in [1.29, 1.82) is 0 Å². The van der Waals surface area contributed by atoms with Crippen LogP contribution in [0.25, 0.3) is 0 Å². The van der Waals surface area contributed by atoms with Crippen LogP contribution in [-0.4, -0.2) is 51.7 Å². The Morgan fingerprint density at radius 2 is 1.86 bits per heavy atom. The average molecular weight is 444 g/mol. The van der Waals surface area contributed by atoms with E-state index < -0.39 is 0 Å². The lowest BCUT2D eigenvalue weighted by Crippen LogP contribution is -2.45. The third-order valence-corrected chi connectivity index (χ3v) is 6.09. The zero-order valence-electron chi connectivity index (χ0n) is 15.7. The summed E-state index contributed by atoms with van der Waals surface area (Å²) in [5, 5.41) is 11.2. The van der Waals surface area contributed by atoms with E-state index in [1.807, 2.05) is 29.2 Å². The second-order valence-corrected chi connectivity index (χ2v) is 8.16. The standard InChI is InChI=1S/C19H25N5OS.2ClH/c25-18(24-9-7-17(8-10-24)20-11-14-1-2-14)16-5-3-15(4-6-16)12-26-19-21-13-22-23-19;;/h3-6,13-14,17,20H,1-2,7-12H2,(H,21,22,23);2*1H. The molecule has 0 unspecified atom stereocenters. The Kier molecular flexibility index (Phi) is 9.08. The molecule has 1 saturated heterocycles. The normalized spacial score (nSPS) is 16.9. The molecule has 1 aromatic carbocycles. The number of aromatic nitrogens is 3. The van der Waals surface area contributed by atoms with E-state index in [1.165, 1.54) is 24.7 Å². The van der Waals surface area contributed by atoms with Crippen molar-refractivity contribution in [2.24, 2.45) is 5.92 Å². The highest BCUT2D eigenvalue weighted by atomic mass is 35.5. The summed E-state index contributed by atoms with van der Waals surface area (Å²) in [4.78, 5) is 18.8. The van der Waals surface area contributed by atoms with Crippen molar-refractivity contribution >= 4 is 42.5 Å². The van der Waals surface area contributed by atoms with Crippen LogP contribution in [0.3, 0.4) is 0 Å². The summed E-state index contributed by atoms with van der Waals surface area (Å²) in [6.07, 6.45) is 6.40. The van der Waals surface area contributed by atoms with Gasteiger partial charge in [-0.15, -0.1) is 24.8 Å². The molecule has 1 aliphatic heterocycles. The van der Waals surface area contributed by atoms with Gasteiger partial charge in [-0.05, 0) is 55.8 Å². The number of benzene rings is 1. The first-order valence-electron chi connectivity index (χ1n) is 9.37. The van der Waals surface area contributed by atoms with Gasteiger partial charge in [0.2, 0.25) is 0 Å². The van der Waals surface area contributed by atoms with Crippen molar-refractivity contribution in [1.82, 2.24) is 25.4 Å². The Hall–Kier alpha value is -1.28. The van der Waals surface area contributed by atoms with Gasteiger partial charge < -0.3 is 10.2 Å². The summed E-state index contributed by atoms with van der Waals surface area (Å²) < 4.78 is 0. The number of aromatic amines is 1. The first kappa shape index (κ1) is 23.0. The molecule has 1 aliphatic carbocycles. The fraction of sp³-hybridized carbons (Fsp3) is 0.526. The lowest BCUT2D eigenvalue weighted by Gasteiger charge is -2.32. The Bertz CT molecular complexity index is 716. The van der Waals surface area contributed by atoms with E-state index in [-0.39, 0.29) is 30.7 Å². The predicted molar refractivity (Wildman–Crippen MR) is 117 cm³/mol. The summed E-state index contributed by atoms with van der Waals surface area (Å²) in [5.41, 5.74) is 1.95. The predicted octanol–water partition coefficient (Wildman–Crippen LogP) is 3.54. The van der Waals surface area contributed by atoms with E-state index in [0.29, 0.717) is 6.04 Å². The molecule has 1 amide bonds. The summed E-state index contributed by atoms with van der Waals surface area (Å²) >= 11 is 1.60. The molecule has 1 saturated carbocycles. The van der Waals surface area contributed by atoms with Gasteiger partial charge in [-0.2, -0.15) is 5.10 Å². The van der Waals surface area contributed by atoms with Crippen LogP contribution in [0.4, 0.5) is 0 Å². The molecule has 0 radical (unpaired) electrons. The maximum absolute atomic E-state index is 12.7. The van der Waals surface area contributed by atoms with Gasteiger partial charge in [0.1, 0.15) is 6.33 Å². The van der Waals surface area contributed by atoms with Gasteiger partial charge in [0.15, 0.2) is 5.16 Å². The summed E-state index contributed by atoms with van der Waals surface area (Å²) in [7, 11) is 0. The van der Waals surface area contributed by atoms with Gasteiger partial charge in [-0.1, -0.05) is 23.9 Å². The van der Waals surface area contributed by atoms with E-state index in [9.17, 15) is 4.79 Å². The lowest BCUT2D eigenvalue weighted by atomic mass is 10.0. The smallest absolute Gasteiger partial charge is 0.253 e. The van der Waals surface area contributed by atoms with Gasteiger partial charge in [-0.25, -0.2) is 4.98 Å². The maximum Gasteiger partial charge on any atom is 0.253 e.